The monoisotopic (exact) mass is 984 g/mol. The summed E-state index contributed by atoms with van der Waals surface area (Å²) < 4.78 is 12.3. The van der Waals surface area contributed by atoms with Crippen molar-refractivity contribution in [1.82, 2.24) is 4.90 Å². The van der Waals surface area contributed by atoms with E-state index in [1.54, 1.807) is 0 Å². The molecule has 8 saturated carbocycles. The SMILES string of the molecule is CC1CCC(N(C2CCC(C(C)(C3CCC(OC(=O)c4cc([N+](=O)[O-])cc([N+](=O)[O-])c4)CC3)C3CCC(OC(=O)c4ccc5ccccc5c4)CC3)CC2)C2CCC3CCC4CCCC5CCC2C3C45)CC1. The lowest BCUT2D eigenvalue weighted by Crippen LogP contribution is -2.61. The van der Waals surface area contributed by atoms with Gasteiger partial charge in [0.1, 0.15) is 12.2 Å². The van der Waals surface area contributed by atoms with E-state index in [4.69, 9.17) is 9.47 Å². The van der Waals surface area contributed by atoms with Crippen LogP contribution in [0.15, 0.2) is 60.7 Å². The number of hydrogen-bond donors (Lipinski definition) is 0. The Morgan fingerprint density at radius 1 is 0.528 bits per heavy atom. The van der Waals surface area contributed by atoms with E-state index in [2.05, 4.69) is 24.8 Å². The summed E-state index contributed by atoms with van der Waals surface area (Å²) in [7, 11) is 0. The fourth-order valence-corrected chi connectivity index (χ4v) is 18.3. The number of esters is 2. The summed E-state index contributed by atoms with van der Waals surface area (Å²) in [6, 6.07) is 19.1. The highest BCUT2D eigenvalue weighted by molar-refractivity contribution is 5.95. The number of ether oxygens (including phenoxy) is 2. The Kier molecular flexibility index (Phi) is 14.6. The van der Waals surface area contributed by atoms with Crippen molar-refractivity contribution in [2.45, 2.75) is 205 Å². The third-order valence-electron chi connectivity index (χ3n) is 21.8. The zero-order chi connectivity index (χ0) is 49.7. The molecule has 0 saturated heterocycles. The van der Waals surface area contributed by atoms with Gasteiger partial charge in [-0.05, 0) is 229 Å². The molecule has 8 fully saturated rings. The second kappa shape index (κ2) is 21.1. The molecule has 11 heteroatoms. The van der Waals surface area contributed by atoms with Gasteiger partial charge in [0.2, 0.25) is 0 Å². The van der Waals surface area contributed by atoms with Crippen molar-refractivity contribution in [2.75, 3.05) is 0 Å². The van der Waals surface area contributed by atoms with Crippen molar-refractivity contribution in [2.24, 2.45) is 64.6 Å². The molecule has 8 unspecified atom stereocenters. The zero-order valence-corrected chi connectivity index (χ0v) is 43.2. The Bertz CT molecular complexity index is 2410. The lowest BCUT2D eigenvalue weighted by Gasteiger charge is -2.62. The molecule has 72 heavy (non-hydrogen) atoms. The molecule has 388 valence electrons. The van der Waals surface area contributed by atoms with Gasteiger partial charge in [0.15, 0.2) is 0 Å². The number of non-ortho nitro benzene ring substituents is 2. The molecular formula is C61H81N3O8. The van der Waals surface area contributed by atoms with E-state index in [1.807, 2.05) is 36.4 Å². The molecule has 8 aliphatic carbocycles. The Labute approximate surface area is 427 Å². The van der Waals surface area contributed by atoms with Crippen LogP contribution in [0.25, 0.3) is 10.8 Å². The Hall–Kier alpha value is -4.38. The van der Waals surface area contributed by atoms with Crippen LogP contribution in [0, 0.1) is 84.8 Å². The third kappa shape index (κ3) is 9.87. The topological polar surface area (TPSA) is 142 Å². The van der Waals surface area contributed by atoms with E-state index in [0.717, 1.165) is 121 Å². The van der Waals surface area contributed by atoms with Gasteiger partial charge in [0.05, 0.1) is 27.0 Å². The van der Waals surface area contributed by atoms with Gasteiger partial charge in [-0.2, -0.15) is 0 Å². The molecule has 11 nitrogen and oxygen atoms in total. The van der Waals surface area contributed by atoms with E-state index >= 15 is 0 Å². The molecule has 8 atom stereocenters. The third-order valence-corrected chi connectivity index (χ3v) is 21.8. The maximum absolute atomic E-state index is 13.6. The number of fused-ring (bicyclic) bond motifs is 1. The van der Waals surface area contributed by atoms with Crippen LogP contribution < -0.4 is 0 Å². The van der Waals surface area contributed by atoms with Crippen LogP contribution in [-0.4, -0.2) is 57.0 Å². The highest BCUT2D eigenvalue weighted by Crippen LogP contribution is 2.62. The van der Waals surface area contributed by atoms with Gasteiger partial charge in [-0.15, -0.1) is 0 Å². The minimum atomic E-state index is -0.747. The Morgan fingerprint density at radius 3 is 1.58 bits per heavy atom. The average Bonchev–Trinajstić information content (AvgIpc) is 3.41. The van der Waals surface area contributed by atoms with Crippen molar-refractivity contribution in [3.05, 3.63) is 92.0 Å². The maximum Gasteiger partial charge on any atom is 0.338 e. The van der Waals surface area contributed by atoms with Gasteiger partial charge in [0, 0.05) is 30.3 Å². The normalized spacial score (nSPS) is 36.6. The molecule has 0 heterocycles. The number of rotatable bonds is 12. The van der Waals surface area contributed by atoms with Gasteiger partial charge < -0.3 is 9.47 Å². The van der Waals surface area contributed by atoms with Crippen molar-refractivity contribution in [1.29, 1.82) is 0 Å². The largest absolute Gasteiger partial charge is 0.459 e. The van der Waals surface area contributed by atoms with Crippen LogP contribution >= 0.6 is 0 Å². The predicted octanol–water partition coefficient (Wildman–Crippen LogP) is 14.9. The molecule has 0 spiro atoms. The first-order chi connectivity index (χ1) is 34.9. The lowest BCUT2D eigenvalue weighted by molar-refractivity contribution is -0.394. The number of nitro groups is 2. The standard InChI is InChI=1S/C61H81N3O8/c1-38-10-24-49(25-11-38)62(56-33-17-42-14-13-40-8-5-9-41-16-32-55(56)58(42)57(40)41)50-26-18-46(19-27-50)61(2,47-20-28-53(29-21-47)71-59(65)44-15-12-39-6-3-4-7-43(39)34-44)48-22-30-54(31-23-48)72-60(66)45-35-51(63(67)68)37-52(36-45)64(69)70/h3-4,6-7,12,15,34-38,40-42,46-50,53-58H,5,8-11,13-14,16-33H2,1-2H3. The second-order valence-corrected chi connectivity index (χ2v) is 25.1. The Balaban J connectivity index is 0.807. The molecule has 3 aromatic carbocycles. The van der Waals surface area contributed by atoms with Gasteiger partial charge in [-0.25, -0.2) is 9.59 Å². The molecule has 0 amide bonds. The number of hydrogen-bond acceptors (Lipinski definition) is 9. The predicted molar refractivity (Wildman–Crippen MR) is 279 cm³/mol. The first-order valence-corrected chi connectivity index (χ1v) is 29.0. The minimum Gasteiger partial charge on any atom is -0.459 e. The lowest BCUT2D eigenvalue weighted by atomic mass is 9.47. The maximum atomic E-state index is 13.6. The van der Waals surface area contributed by atoms with Gasteiger partial charge in [0.25, 0.3) is 11.4 Å². The highest BCUT2D eigenvalue weighted by atomic mass is 16.6. The first-order valence-electron chi connectivity index (χ1n) is 29.0. The molecule has 0 aliphatic heterocycles. The van der Waals surface area contributed by atoms with Crippen LogP contribution in [0.4, 0.5) is 11.4 Å². The molecule has 11 rings (SSSR count). The average molecular weight is 984 g/mol. The zero-order valence-electron chi connectivity index (χ0n) is 43.2. The number of carbonyl (C=O) groups excluding carboxylic acids is 2. The van der Waals surface area contributed by atoms with Gasteiger partial charge in [-0.3, -0.25) is 25.1 Å². The first kappa shape index (κ1) is 49.8. The summed E-state index contributed by atoms with van der Waals surface area (Å²) in [5, 5.41) is 25.4. The number of nitro benzene ring substituents is 2. The highest BCUT2D eigenvalue weighted by Gasteiger charge is 2.56. The fourth-order valence-electron chi connectivity index (χ4n) is 18.3. The molecule has 0 radical (unpaired) electrons. The summed E-state index contributed by atoms with van der Waals surface area (Å²) in [6.07, 6.45) is 30.3. The van der Waals surface area contributed by atoms with Crippen LogP contribution in [0.5, 0.6) is 0 Å². The molecule has 0 aromatic heterocycles. The molecule has 8 aliphatic rings. The minimum absolute atomic E-state index is 0.0631. The summed E-state index contributed by atoms with van der Waals surface area (Å²) in [5.74, 6) is 7.16. The summed E-state index contributed by atoms with van der Waals surface area (Å²) in [4.78, 5) is 52.2. The molecule has 0 bridgehead atoms. The van der Waals surface area contributed by atoms with E-state index in [-0.39, 0.29) is 29.2 Å². The number of benzene rings is 3. The summed E-state index contributed by atoms with van der Waals surface area (Å²) in [6.45, 7) is 5.10. The van der Waals surface area contributed by atoms with E-state index in [1.165, 1.54) is 109 Å². The van der Waals surface area contributed by atoms with Crippen LogP contribution in [0.1, 0.15) is 195 Å². The van der Waals surface area contributed by atoms with Crippen molar-refractivity contribution in [3.63, 3.8) is 0 Å². The van der Waals surface area contributed by atoms with Crippen LogP contribution in [0.3, 0.4) is 0 Å². The molecule has 0 N–H and O–H groups in total. The van der Waals surface area contributed by atoms with Crippen molar-refractivity contribution in [3.8, 4) is 0 Å². The number of nitrogens with zero attached hydrogens (tertiary/aromatic N) is 3. The van der Waals surface area contributed by atoms with Crippen molar-refractivity contribution < 1.29 is 28.9 Å². The van der Waals surface area contributed by atoms with E-state index in [0.29, 0.717) is 42.2 Å². The fraction of sp³-hybridized carbons (Fsp3) is 0.705. The molecular weight excluding hydrogens is 903 g/mol. The van der Waals surface area contributed by atoms with Crippen LogP contribution in [0.2, 0.25) is 0 Å². The van der Waals surface area contributed by atoms with E-state index < -0.39 is 27.2 Å². The molecule has 3 aromatic rings. The van der Waals surface area contributed by atoms with Crippen LogP contribution in [-0.2, 0) is 9.47 Å². The second-order valence-electron chi connectivity index (χ2n) is 25.1. The van der Waals surface area contributed by atoms with Crippen molar-refractivity contribution >= 4 is 34.1 Å². The van der Waals surface area contributed by atoms with E-state index in [9.17, 15) is 29.8 Å². The smallest absolute Gasteiger partial charge is 0.338 e. The van der Waals surface area contributed by atoms with Gasteiger partial charge >= 0.3 is 11.9 Å². The summed E-state index contributed by atoms with van der Waals surface area (Å²) in [5.41, 5.74) is -0.490. The van der Waals surface area contributed by atoms with Gasteiger partial charge in [-0.1, -0.05) is 63.4 Å². The quantitative estimate of drug-likeness (QED) is 0.0984. The summed E-state index contributed by atoms with van der Waals surface area (Å²) >= 11 is 0. The number of carbonyl (C=O) groups is 2. The Morgan fingerprint density at radius 2 is 1.01 bits per heavy atom.